The maximum absolute atomic E-state index is 12.6. The minimum Gasteiger partial charge on any atom is -0.387 e. The van der Waals surface area contributed by atoms with E-state index < -0.39 is 17.8 Å². The molecular formula is C15H18F3NO2. The van der Waals surface area contributed by atoms with Crippen molar-refractivity contribution in [2.24, 2.45) is 0 Å². The molecule has 1 aromatic rings. The van der Waals surface area contributed by atoms with Gasteiger partial charge in [-0.1, -0.05) is 25.1 Å². The van der Waals surface area contributed by atoms with E-state index in [0.29, 0.717) is 12.0 Å². The number of carbonyl (C=O) groups excluding carboxylic acids is 1. The molecule has 2 N–H and O–H groups in total. The highest BCUT2D eigenvalue weighted by molar-refractivity contribution is 5.92. The number of allylic oxidation sites excluding steroid dienone is 1. The lowest BCUT2D eigenvalue weighted by Crippen LogP contribution is -2.29. The van der Waals surface area contributed by atoms with Crippen LogP contribution in [0.3, 0.4) is 0 Å². The Labute approximate surface area is 121 Å². The van der Waals surface area contributed by atoms with Crippen LogP contribution in [0.4, 0.5) is 13.2 Å². The lowest BCUT2D eigenvalue weighted by molar-refractivity contribution is -0.137. The number of aliphatic hydroxyl groups excluding tert-OH is 1. The molecule has 0 spiro atoms. The summed E-state index contributed by atoms with van der Waals surface area (Å²) in [6.45, 7) is 3.37. The second-order valence-electron chi connectivity index (χ2n) is 4.64. The number of nitrogens with one attached hydrogen (secondary N) is 1. The van der Waals surface area contributed by atoms with Crippen LogP contribution >= 0.6 is 0 Å². The number of halogens is 3. The summed E-state index contributed by atoms with van der Waals surface area (Å²) in [6.07, 6.45) is -3.22. The Hall–Kier alpha value is -1.82. The van der Waals surface area contributed by atoms with Gasteiger partial charge in [-0.05, 0) is 31.0 Å². The minimum absolute atomic E-state index is 0.113. The summed E-state index contributed by atoms with van der Waals surface area (Å²) in [6, 6.07) is 4.43. The van der Waals surface area contributed by atoms with Crippen molar-refractivity contribution in [3.63, 3.8) is 0 Å². The van der Waals surface area contributed by atoms with Crippen LogP contribution in [-0.4, -0.2) is 17.6 Å². The van der Waals surface area contributed by atoms with Crippen LogP contribution in [0.15, 0.2) is 35.9 Å². The number of aliphatic hydroxyl groups is 1. The molecule has 1 amide bonds. The van der Waals surface area contributed by atoms with Crippen molar-refractivity contribution in [2.75, 3.05) is 6.54 Å². The van der Waals surface area contributed by atoms with Gasteiger partial charge in [-0.25, -0.2) is 0 Å². The molecule has 0 aliphatic rings. The number of carbonyl (C=O) groups is 1. The van der Waals surface area contributed by atoms with E-state index >= 15 is 0 Å². The van der Waals surface area contributed by atoms with Crippen molar-refractivity contribution >= 4 is 5.91 Å². The van der Waals surface area contributed by atoms with Gasteiger partial charge in [0.25, 0.3) is 0 Å². The summed E-state index contributed by atoms with van der Waals surface area (Å²) in [5.74, 6) is -0.345. The highest BCUT2D eigenvalue weighted by Crippen LogP contribution is 2.30. The maximum atomic E-state index is 12.6. The van der Waals surface area contributed by atoms with E-state index in [4.69, 9.17) is 0 Å². The zero-order valence-electron chi connectivity index (χ0n) is 11.9. The minimum atomic E-state index is -4.46. The number of alkyl halides is 3. The summed E-state index contributed by atoms with van der Waals surface area (Å²) in [4.78, 5) is 11.6. The van der Waals surface area contributed by atoms with Gasteiger partial charge < -0.3 is 10.4 Å². The van der Waals surface area contributed by atoms with Crippen LogP contribution in [0.25, 0.3) is 0 Å². The molecule has 0 aliphatic heterocycles. The fourth-order valence-electron chi connectivity index (χ4n) is 1.77. The molecule has 1 rings (SSSR count). The van der Waals surface area contributed by atoms with Crippen molar-refractivity contribution in [3.8, 4) is 0 Å². The number of hydrogen-bond acceptors (Lipinski definition) is 2. The van der Waals surface area contributed by atoms with Crippen LogP contribution in [0.1, 0.15) is 37.5 Å². The van der Waals surface area contributed by atoms with E-state index in [-0.39, 0.29) is 18.0 Å². The number of hydrogen-bond donors (Lipinski definition) is 2. The van der Waals surface area contributed by atoms with Crippen molar-refractivity contribution in [3.05, 3.63) is 47.0 Å². The third-order valence-corrected chi connectivity index (χ3v) is 2.92. The van der Waals surface area contributed by atoms with Gasteiger partial charge in [0.2, 0.25) is 5.91 Å². The molecule has 0 radical (unpaired) electrons. The average molecular weight is 301 g/mol. The summed E-state index contributed by atoms with van der Waals surface area (Å²) in [5.41, 5.74) is -0.205. The number of amides is 1. The average Bonchev–Trinajstić information content (AvgIpc) is 2.43. The Balaban J connectivity index is 2.70. The fraction of sp³-hybridized carbons (Fsp3) is 0.400. The molecule has 0 aliphatic carbocycles. The van der Waals surface area contributed by atoms with Crippen LogP contribution in [0.2, 0.25) is 0 Å². The molecule has 21 heavy (non-hydrogen) atoms. The molecule has 3 nitrogen and oxygen atoms in total. The fourth-order valence-corrected chi connectivity index (χ4v) is 1.77. The molecule has 0 saturated heterocycles. The van der Waals surface area contributed by atoms with Gasteiger partial charge in [-0.15, -0.1) is 0 Å². The molecule has 0 saturated carbocycles. The molecule has 0 aromatic heterocycles. The normalized spacial score (nSPS) is 13.9. The Bertz CT molecular complexity index is 524. The zero-order valence-corrected chi connectivity index (χ0v) is 11.9. The largest absolute Gasteiger partial charge is 0.416 e. The topological polar surface area (TPSA) is 49.3 Å². The number of benzene rings is 1. The second-order valence-corrected chi connectivity index (χ2v) is 4.64. The van der Waals surface area contributed by atoms with Crippen LogP contribution in [-0.2, 0) is 11.0 Å². The Morgan fingerprint density at radius 1 is 1.43 bits per heavy atom. The molecule has 6 heteroatoms. The molecule has 116 valence electrons. The van der Waals surface area contributed by atoms with Gasteiger partial charge in [-0.3, -0.25) is 4.79 Å². The van der Waals surface area contributed by atoms with Crippen LogP contribution in [0.5, 0.6) is 0 Å². The van der Waals surface area contributed by atoms with Gasteiger partial charge in [0.15, 0.2) is 0 Å². The summed E-state index contributed by atoms with van der Waals surface area (Å²) in [5, 5.41) is 12.4. The summed E-state index contributed by atoms with van der Waals surface area (Å²) in [7, 11) is 0. The van der Waals surface area contributed by atoms with Gasteiger partial charge >= 0.3 is 6.18 Å². The highest BCUT2D eigenvalue weighted by Gasteiger charge is 2.30. The quantitative estimate of drug-likeness (QED) is 0.820. The van der Waals surface area contributed by atoms with Gasteiger partial charge in [0, 0.05) is 12.1 Å². The SMILES string of the molecule is CC/C=C(/C)C(=O)NCC(O)c1cccc(C(F)(F)F)c1. The number of rotatable bonds is 5. The third kappa shape index (κ3) is 5.23. The third-order valence-electron chi connectivity index (χ3n) is 2.92. The van der Waals surface area contributed by atoms with Gasteiger partial charge in [-0.2, -0.15) is 13.2 Å². The molecule has 1 atom stereocenters. The van der Waals surface area contributed by atoms with E-state index in [2.05, 4.69) is 5.32 Å². The second kappa shape index (κ2) is 7.26. The Kier molecular flexibility index (Phi) is 5.96. The first-order chi connectivity index (χ1) is 9.75. The predicted octanol–water partition coefficient (Wildman–Crippen LogP) is 3.21. The Morgan fingerprint density at radius 3 is 2.67 bits per heavy atom. The molecule has 0 fully saturated rings. The van der Waals surface area contributed by atoms with Crippen molar-refractivity contribution in [1.29, 1.82) is 0 Å². The smallest absolute Gasteiger partial charge is 0.387 e. The lowest BCUT2D eigenvalue weighted by atomic mass is 10.1. The standard InChI is InChI=1S/C15H18F3NO2/c1-3-5-10(2)14(21)19-9-13(20)11-6-4-7-12(8-11)15(16,17)18/h4-8,13,20H,3,9H2,1-2H3,(H,19,21)/b10-5-. The lowest BCUT2D eigenvalue weighted by Gasteiger charge is -2.14. The van der Waals surface area contributed by atoms with Crippen molar-refractivity contribution in [1.82, 2.24) is 5.32 Å². The zero-order chi connectivity index (χ0) is 16.0. The summed E-state index contributed by atoms with van der Waals surface area (Å²) < 4.78 is 37.7. The van der Waals surface area contributed by atoms with E-state index in [0.717, 1.165) is 12.1 Å². The van der Waals surface area contributed by atoms with Crippen molar-refractivity contribution in [2.45, 2.75) is 32.5 Å². The van der Waals surface area contributed by atoms with Crippen molar-refractivity contribution < 1.29 is 23.1 Å². The molecule has 0 bridgehead atoms. The first kappa shape index (κ1) is 17.2. The summed E-state index contributed by atoms with van der Waals surface area (Å²) >= 11 is 0. The van der Waals surface area contributed by atoms with E-state index in [9.17, 15) is 23.1 Å². The van der Waals surface area contributed by atoms with Gasteiger partial charge in [0.1, 0.15) is 0 Å². The molecular weight excluding hydrogens is 283 g/mol. The molecule has 0 heterocycles. The predicted molar refractivity (Wildman–Crippen MR) is 73.5 cm³/mol. The first-order valence-corrected chi connectivity index (χ1v) is 6.56. The molecule has 1 aromatic carbocycles. The monoisotopic (exact) mass is 301 g/mol. The molecule has 1 unspecified atom stereocenters. The Morgan fingerprint density at radius 2 is 2.10 bits per heavy atom. The maximum Gasteiger partial charge on any atom is 0.416 e. The van der Waals surface area contributed by atoms with E-state index in [1.165, 1.54) is 12.1 Å². The first-order valence-electron chi connectivity index (χ1n) is 6.56. The van der Waals surface area contributed by atoms with Crippen LogP contribution in [0, 0.1) is 0 Å². The highest BCUT2D eigenvalue weighted by atomic mass is 19.4. The van der Waals surface area contributed by atoms with E-state index in [1.807, 2.05) is 6.92 Å². The van der Waals surface area contributed by atoms with Crippen LogP contribution < -0.4 is 5.32 Å². The van der Waals surface area contributed by atoms with E-state index in [1.54, 1.807) is 13.0 Å². The van der Waals surface area contributed by atoms with Gasteiger partial charge in [0.05, 0.1) is 11.7 Å².